The smallest absolute Gasteiger partial charge is 0.165 e. The van der Waals surface area contributed by atoms with Gasteiger partial charge in [-0.3, -0.25) is 0 Å². The lowest BCUT2D eigenvalue weighted by molar-refractivity contribution is 0.829. The minimum Gasteiger partial charge on any atom is -0.310 e. The molecule has 6 heteroatoms. The monoisotopic (exact) mass is 376 g/mol. The lowest BCUT2D eigenvalue weighted by Gasteiger charge is -2.10. The van der Waals surface area contributed by atoms with Crippen LogP contribution < -0.4 is 0 Å². The van der Waals surface area contributed by atoms with Crippen molar-refractivity contribution in [1.29, 1.82) is 0 Å². The molecule has 0 N–H and O–H groups in total. The molecule has 2 heterocycles. The van der Waals surface area contributed by atoms with Crippen molar-refractivity contribution in [1.82, 2.24) is 19.5 Å². The molecule has 0 aliphatic rings. The van der Waals surface area contributed by atoms with E-state index in [0.717, 1.165) is 16.6 Å². The lowest BCUT2D eigenvalue weighted by atomic mass is 10.0. The van der Waals surface area contributed by atoms with Gasteiger partial charge in [0.1, 0.15) is 11.8 Å². The molecular weight excluding hydrogens is 364 g/mol. The van der Waals surface area contributed by atoms with E-state index < -0.39 is 0 Å². The minimum atomic E-state index is 0.377. The van der Waals surface area contributed by atoms with Gasteiger partial charge in [0, 0.05) is 4.48 Å². The van der Waals surface area contributed by atoms with Crippen LogP contribution in [0.5, 0.6) is 0 Å². The Morgan fingerprint density at radius 3 is 2.68 bits per heavy atom. The quantitative estimate of drug-likeness (QED) is 0.619. The summed E-state index contributed by atoms with van der Waals surface area (Å²) in [4.78, 5) is 12.5. The highest BCUT2D eigenvalue weighted by molar-refractivity contribution is 9.11. The van der Waals surface area contributed by atoms with Crippen LogP contribution in [0.25, 0.3) is 16.7 Å². The molecule has 3 aromatic rings. The number of allylic oxidation sites excluding steroid dienone is 2. The maximum atomic E-state index is 6.04. The average molecular weight is 378 g/mol. The molecule has 2 aromatic heterocycles. The molecule has 112 valence electrons. The van der Waals surface area contributed by atoms with Crippen molar-refractivity contribution in [3.05, 3.63) is 58.2 Å². The van der Waals surface area contributed by atoms with E-state index in [1.165, 1.54) is 17.5 Å². The van der Waals surface area contributed by atoms with Gasteiger partial charge < -0.3 is 4.57 Å². The molecule has 1 aromatic carbocycles. The zero-order valence-corrected chi connectivity index (χ0v) is 14.3. The summed E-state index contributed by atoms with van der Waals surface area (Å²) in [5.74, 6) is 0. The van der Waals surface area contributed by atoms with Gasteiger partial charge in [-0.15, -0.1) is 0 Å². The molecule has 0 atom stereocenters. The Balaban J connectivity index is 2.00. The zero-order chi connectivity index (χ0) is 15.5. The summed E-state index contributed by atoms with van der Waals surface area (Å²) in [5.41, 5.74) is 3.85. The van der Waals surface area contributed by atoms with Crippen molar-refractivity contribution >= 4 is 44.3 Å². The van der Waals surface area contributed by atoms with Crippen LogP contribution in [-0.2, 0) is 6.54 Å². The van der Waals surface area contributed by atoms with Crippen LogP contribution >= 0.6 is 27.5 Å². The van der Waals surface area contributed by atoms with Crippen LogP contribution in [0.4, 0.5) is 0 Å². The molecule has 0 bridgehead atoms. The van der Waals surface area contributed by atoms with Crippen molar-refractivity contribution in [3.63, 3.8) is 0 Å². The van der Waals surface area contributed by atoms with E-state index in [9.17, 15) is 0 Å². The number of halogens is 2. The first-order chi connectivity index (χ1) is 10.7. The number of benzene rings is 1. The van der Waals surface area contributed by atoms with Crippen molar-refractivity contribution < 1.29 is 0 Å². The predicted octanol–water partition coefficient (Wildman–Crippen LogP) is 4.70. The van der Waals surface area contributed by atoms with E-state index in [4.69, 9.17) is 11.6 Å². The summed E-state index contributed by atoms with van der Waals surface area (Å²) >= 11 is 9.76. The van der Waals surface area contributed by atoms with Crippen LogP contribution in [0, 0.1) is 0 Å². The first-order valence-corrected chi connectivity index (χ1v) is 8.12. The van der Waals surface area contributed by atoms with Gasteiger partial charge in [0.15, 0.2) is 10.8 Å². The molecule has 0 radical (unpaired) electrons. The summed E-state index contributed by atoms with van der Waals surface area (Å²) in [6.07, 6.45) is 4.14. The fourth-order valence-corrected chi connectivity index (χ4v) is 3.36. The standard InChI is InChI=1S/C16H14BrClN4/c1-2-12(11-6-4-3-5-7-11)13(17)8-22-10-21-14-15(18)19-9-20-16(14)22/h3-7,9-10H,2,8H2,1H3/b13-12-. The third kappa shape index (κ3) is 2.91. The molecule has 4 nitrogen and oxygen atoms in total. The van der Waals surface area contributed by atoms with E-state index >= 15 is 0 Å². The molecule has 0 fully saturated rings. The lowest BCUT2D eigenvalue weighted by Crippen LogP contribution is -2.00. The number of imidazole rings is 1. The largest absolute Gasteiger partial charge is 0.310 e. The highest BCUT2D eigenvalue weighted by Crippen LogP contribution is 2.28. The second-order valence-corrected chi connectivity index (χ2v) is 6.13. The van der Waals surface area contributed by atoms with Gasteiger partial charge in [0.25, 0.3) is 0 Å². The second kappa shape index (κ2) is 6.58. The Labute approximate surface area is 142 Å². The Kier molecular flexibility index (Phi) is 4.55. The molecule has 0 amide bonds. The highest BCUT2D eigenvalue weighted by Gasteiger charge is 2.11. The van der Waals surface area contributed by atoms with E-state index in [1.54, 1.807) is 6.33 Å². The molecule has 0 saturated carbocycles. The Morgan fingerprint density at radius 1 is 1.18 bits per heavy atom. The molecule has 3 rings (SSSR count). The summed E-state index contributed by atoms with van der Waals surface area (Å²) in [5, 5.41) is 0.377. The molecule has 0 saturated heterocycles. The predicted molar refractivity (Wildman–Crippen MR) is 92.9 cm³/mol. The third-order valence-corrected chi connectivity index (χ3v) is 4.47. The van der Waals surface area contributed by atoms with E-state index in [2.05, 4.69) is 49.9 Å². The summed E-state index contributed by atoms with van der Waals surface area (Å²) < 4.78 is 3.07. The van der Waals surface area contributed by atoms with Crippen molar-refractivity contribution in [2.24, 2.45) is 0 Å². The van der Waals surface area contributed by atoms with Crippen LogP contribution in [0.3, 0.4) is 0 Å². The third-order valence-electron chi connectivity index (χ3n) is 3.47. The van der Waals surface area contributed by atoms with Gasteiger partial charge in [-0.25, -0.2) is 15.0 Å². The van der Waals surface area contributed by atoms with Crippen LogP contribution in [0.2, 0.25) is 5.15 Å². The Bertz CT molecular complexity index is 827. The van der Waals surface area contributed by atoms with E-state index in [0.29, 0.717) is 17.2 Å². The number of nitrogens with zero attached hydrogens (tertiary/aromatic N) is 4. The van der Waals surface area contributed by atoms with Gasteiger partial charge in [-0.05, 0) is 17.6 Å². The SMILES string of the molecule is CC/C(=C(/Br)Cn1cnc2c(Cl)ncnc21)c1ccccc1. The Morgan fingerprint density at radius 2 is 1.95 bits per heavy atom. The molecular formula is C16H14BrClN4. The molecule has 0 unspecified atom stereocenters. The van der Waals surface area contributed by atoms with Crippen LogP contribution in [0.15, 0.2) is 47.5 Å². The fourth-order valence-electron chi connectivity index (χ4n) is 2.40. The van der Waals surface area contributed by atoms with Crippen LogP contribution in [-0.4, -0.2) is 19.5 Å². The van der Waals surface area contributed by atoms with Gasteiger partial charge >= 0.3 is 0 Å². The van der Waals surface area contributed by atoms with Crippen molar-refractivity contribution in [2.45, 2.75) is 19.9 Å². The van der Waals surface area contributed by atoms with E-state index in [-0.39, 0.29) is 0 Å². The molecule has 0 aliphatic carbocycles. The van der Waals surface area contributed by atoms with Gasteiger partial charge in [-0.2, -0.15) is 0 Å². The highest BCUT2D eigenvalue weighted by atomic mass is 79.9. The average Bonchev–Trinajstić information content (AvgIpc) is 2.94. The van der Waals surface area contributed by atoms with Crippen LogP contribution in [0.1, 0.15) is 18.9 Å². The number of fused-ring (bicyclic) bond motifs is 1. The zero-order valence-electron chi connectivity index (χ0n) is 12.0. The number of hydrogen-bond donors (Lipinski definition) is 0. The molecule has 0 aliphatic heterocycles. The Hall–Kier alpha value is -1.72. The van der Waals surface area contributed by atoms with Gasteiger partial charge in [-0.1, -0.05) is 64.8 Å². The topological polar surface area (TPSA) is 43.6 Å². The normalized spacial score (nSPS) is 12.5. The molecule has 22 heavy (non-hydrogen) atoms. The second-order valence-electron chi connectivity index (χ2n) is 4.81. The number of aromatic nitrogens is 4. The van der Waals surface area contributed by atoms with Gasteiger partial charge in [0.2, 0.25) is 0 Å². The summed E-state index contributed by atoms with van der Waals surface area (Å²) in [6, 6.07) is 10.3. The molecule has 0 spiro atoms. The summed E-state index contributed by atoms with van der Waals surface area (Å²) in [6.45, 7) is 2.80. The maximum Gasteiger partial charge on any atom is 0.165 e. The first-order valence-electron chi connectivity index (χ1n) is 6.95. The maximum absolute atomic E-state index is 6.04. The van der Waals surface area contributed by atoms with E-state index in [1.807, 2.05) is 22.8 Å². The first kappa shape index (κ1) is 15.2. The fraction of sp³-hybridized carbons (Fsp3) is 0.188. The van der Waals surface area contributed by atoms with Gasteiger partial charge in [0.05, 0.1) is 12.9 Å². The van der Waals surface area contributed by atoms with Crippen molar-refractivity contribution in [3.8, 4) is 0 Å². The number of hydrogen-bond acceptors (Lipinski definition) is 3. The summed E-state index contributed by atoms with van der Waals surface area (Å²) in [7, 11) is 0. The van der Waals surface area contributed by atoms with Crippen molar-refractivity contribution in [2.75, 3.05) is 0 Å². The number of rotatable bonds is 4. The minimum absolute atomic E-state index is 0.377.